The molecule has 1 aliphatic heterocycles. The van der Waals surface area contributed by atoms with Crippen molar-refractivity contribution in [3.8, 4) is 5.88 Å². The Morgan fingerprint density at radius 1 is 1.37 bits per heavy atom. The Balaban J connectivity index is 1.71. The summed E-state index contributed by atoms with van der Waals surface area (Å²) in [7, 11) is 1.64. The predicted octanol–water partition coefficient (Wildman–Crippen LogP) is 1.44. The predicted molar refractivity (Wildman–Crippen MR) is 70.6 cm³/mol. The minimum Gasteiger partial charge on any atom is -0.481 e. The molecule has 0 saturated heterocycles. The molecule has 0 N–H and O–H groups in total. The number of fused-ring (bicyclic) bond motifs is 1. The van der Waals surface area contributed by atoms with E-state index in [0.29, 0.717) is 5.88 Å². The molecule has 0 spiro atoms. The second kappa shape index (κ2) is 5.32. The number of nitrogens with zero attached hydrogens (tertiary/aromatic N) is 4. The van der Waals surface area contributed by atoms with E-state index < -0.39 is 0 Å². The minimum absolute atomic E-state index is 0.664. The first-order valence-corrected chi connectivity index (χ1v) is 6.34. The summed E-state index contributed by atoms with van der Waals surface area (Å²) in [6.07, 6.45) is 6.35. The second-order valence-corrected chi connectivity index (χ2v) is 4.66. The van der Waals surface area contributed by atoms with Crippen molar-refractivity contribution in [2.45, 2.75) is 19.5 Å². The van der Waals surface area contributed by atoms with Crippen molar-refractivity contribution in [1.82, 2.24) is 19.9 Å². The summed E-state index contributed by atoms with van der Waals surface area (Å²) in [5.74, 6) is 0.664. The second-order valence-electron chi connectivity index (χ2n) is 4.66. The molecule has 0 amide bonds. The van der Waals surface area contributed by atoms with Crippen LogP contribution in [0.4, 0.5) is 0 Å². The number of hydrogen-bond acceptors (Lipinski definition) is 5. The van der Waals surface area contributed by atoms with E-state index in [2.05, 4.69) is 19.9 Å². The van der Waals surface area contributed by atoms with Gasteiger partial charge in [0, 0.05) is 38.1 Å². The SMILES string of the molecule is COc1cc(CN2CCc3cncnc3C2)ccn1. The van der Waals surface area contributed by atoms with Gasteiger partial charge in [0.1, 0.15) is 6.33 Å². The molecule has 0 aliphatic carbocycles. The largest absolute Gasteiger partial charge is 0.481 e. The Morgan fingerprint density at radius 3 is 3.21 bits per heavy atom. The third kappa shape index (κ3) is 2.71. The van der Waals surface area contributed by atoms with Crippen LogP contribution in [-0.2, 0) is 19.5 Å². The van der Waals surface area contributed by atoms with E-state index in [4.69, 9.17) is 4.74 Å². The maximum absolute atomic E-state index is 5.15. The van der Waals surface area contributed by atoms with Gasteiger partial charge in [-0.25, -0.2) is 15.0 Å². The number of aromatic nitrogens is 3. The van der Waals surface area contributed by atoms with E-state index in [1.54, 1.807) is 19.6 Å². The molecular weight excluding hydrogens is 240 g/mol. The van der Waals surface area contributed by atoms with E-state index in [-0.39, 0.29) is 0 Å². The van der Waals surface area contributed by atoms with E-state index in [9.17, 15) is 0 Å². The van der Waals surface area contributed by atoms with Crippen molar-refractivity contribution in [2.75, 3.05) is 13.7 Å². The molecule has 0 saturated carbocycles. The Kier molecular flexibility index (Phi) is 3.37. The van der Waals surface area contributed by atoms with Crippen LogP contribution in [0, 0.1) is 0 Å². The molecule has 2 aromatic rings. The van der Waals surface area contributed by atoms with Gasteiger partial charge in [0.2, 0.25) is 5.88 Å². The van der Waals surface area contributed by atoms with Crippen LogP contribution >= 0.6 is 0 Å². The van der Waals surface area contributed by atoms with Crippen LogP contribution < -0.4 is 4.74 Å². The third-order valence-electron chi connectivity index (χ3n) is 3.37. The molecule has 5 nitrogen and oxygen atoms in total. The minimum atomic E-state index is 0.664. The average Bonchev–Trinajstić information content (AvgIpc) is 2.47. The smallest absolute Gasteiger partial charge is 0.213 e. The summed E-state index contributed by atoms with van der Waals surface area (Å²) in [5.41, 5.74) is 3.62. The summed E-state index contributed by atoms with van der Waals surface area (Å²) in [6.45, 7) is 2.80. The molecule has 0 unspecified atom stereocenters. The molecule has 3 rings (SSSR count). The van der Waals surface area contributed by atoms with Crippen LogP contribution in [0.5, 0.6) is 5.88 Å². The van der Waals surface area contributed by atoms with Crippen LogP contribution in [0.25, 0.3) is 0 Å². The number of ether oxygens (including phenoxy) is 1. The van der Waals surface area contributed by atoms with E-state index >= 15 is 0 Å². The molecule has 19 heavy (non-hydrogen) atoms. The Labute approximate surface area is 112 Å². The molecule has 0 radical (unpaired) electrons. The standard InChI is InChI=1S/C14H16N4O/c1-19-14-6-11(2-4-16-14)8-18-5-3-12-7-15-10-17-13(12)9-18/h2,4,6-7,10H,3,5,8-9H2,1H3. The van der Waals surface area contributed by atoms with E-state index in [1.807, 2.05) is 18.3 Å². The zero-order valence-corrected chi connectivity index (χ0v) is 10.9. The van der Waals surface area contributed by atoms with Crippen LogP contribution in [0.3, 0.4) is 0 Å². The highest BCUT2D eigenvalue weighted by atomic mass is 16.5. The van der Waals surface area contributed by atoms with Crippen molar-refractivity contribution in [3.63, 3.8) is 0 Å². The van der Waals surface area contributed by atoms with Gasteiger partial charge in [-0.15, -0.1) is 0 Å². The monoisotopic (exact) mass is 256 g/mol. The first-order chi connectivity index (χ1) is 9.35. The lowest BCUT2D eigenvalue weighted by Gasteiger charge is -2.27. The van der Waals surface area contributed by atoms with Gasteiger partial charge >= 0.3 is 0 Å². The highest BCUT2D eigenvalue weighted by molar-refractivity contribution is 5.22. The first kappa shape index (κ1) is 12.0. The molecule has 1 aliphatic rings. The van der Waals surface area contributed by atoms with Crippen molar-refractivity contribution in [1.29, 1.82) is 0 Å². The molecule has 0 fully saturated rings. The highest BCUT2D eigenvalue weighted by Gasteiger charge is 2.17. The van der Waals surface area contributed by atoms with E-state index in [1.165, 1.54) is 11.1 Å². The summed E-state index contributed by atoms with van der Waals surface area (Å²) in [5, 5.41) is 0. The van der Waals surface area contributed by atoms with Crippen LogP contribution in [0.1, 0.15) is 16.8 Å². The number of rotatable bonds is 3. The molecule has 5 heteroatoms. The van der Waals surface area contributed by atoms with Crippen LogP contribution in [0.15, 0.2) is 30.9 Å². The van der Waals surface area contributed by atoms with E-state index in [0.717, 1.165) is 31.7 Å². The first-order valence-electron chi connectivity index (χ1n) is 6.34. The molecule has 3 heterocycles. The zero-order chi connectivity index (χ0) is 13.1. The Bertz CT molecular complexity index is 573. The number of pyridine rings is 1. The van der Waals surface area contributed by atoms with Gasteiger partial charge in [0.05, 0.1) is 12.8 Å². The lowest BCUT2D eigenvalue weighted by molar-refractivity contribution is 0.240. The van der Waals surface area contributed by atoms with Gasteiger partial charge < -0.3 is 4.74 Å². The molecule has 2 aromatic heterocycles. The van der Waals surface area contributed by atoms with Crippen molar-refractivity contribution in [3.05, 3.63) is 47.7 Å². The zero-order valence-electron chi connectivity index (χ0n) is 10.9. The van der Waals surface area contributed by atoms with Crippen molar-refractivity contribution in [2.24, 2.45) is 0 Å². The molecule has 0 aromatic carbocycles. The van der Waals surface area contributed by atoms with Gasteiger partial charge in [0.15, 0.2) is 0 Å². The maximum Gasteiger partial charge on any atom is 0.213 e. The fourth-order valence-electron chi connectivity index (χ4n) is 2.36. The van der Waals surface area contributed by atoms with Gasteiger partial charge in [-0.2, -0.15) is 0 Å². The van der Waals surface area contributed by atoms with Crippen molar-refractivity contribution < 1.29 is 4.74 Å². The normalized spacial score (nSPS) is 15.0. The third-order valence-corrected chi connectivity index (χ3v) is 3.37. The fraction of sp³-hybridized carbons (Fsp3) is 0.357. The Morgan fingerprint density at radius 2 is 2.32 bits per heavy atom. The lowest BCUT2D eigenvalue weighted by Crippen LogP contribution is -2.30. The maximum atomic E-state index is 5.15. The summed E-state index contributed by atoms with van der Waals surface area (Å²) in [4.78, 5) is 14.9. The molecule has 0 atom stereocenters. The van der Waals surface area contributed by atoms with Crippen LogP contribution in [-0.4, -0.2) is 33.5 Å². The molecule has 0 bridgehead atoms. The topological polar surface area (TPSA) is 51.1 Å². The average molecular weight is 256 g/mol. The highest BCUT2D eigenvalue weighted by Crippen LogP contribution is 2.18. The summed E-state index contributed by atoms with van der Waals surface area (Å²) < 4.78 is 5.15. The quantitative estimate of drug-likeness (QED) is 0.831. The van der Waals surface area contributed by atoms with Gasteiger partial charge in [-0.05, 0) is 23.6 Å². The lowest BCUT2D eigenvalue weighted by atomic mass is 10.1. The summed E-state index contributed by atoms with van der Waals surface area (Å²) >= 11 is 0. The van der Waals surface area contributed by atoms with Gasteiger partial charge in [-0.1, -0.05) is 0 Å². The van der Waals surface area contributed by atoms with Gasteiger partial charge in [0.25, 0.3) is 0 Å². The number of methoxy groups -OCH3 is 1. The molecule has 98 valence electrons. The number of hydrogen-bond donors (Lipinski definition) is 0. The molecular formula is C14H16N4O. The summed E-state index contributed by atoms with van der Waals surface area (Å²) in [6, 6.07) is 4.01. The van der Waals surface area contributed by atoms with Crippen molar-refractivity contribution >= 4 is 0 Å². The van der Waals surface area contributed by atoms with Crippen LogP contribution in [0.2, 0.25) is 0 Å². The fourth-order valence-corrected chi connectivity index (χ4v) is 2.36. The van der Waals surface area contributed by atoms with Gasteiger partial charge in [-0.3, -0.25) is 4.90 Å². The Hall–Kier alpha value is -2.01.